The minimum absolute atomic E-state index is 0.114. The first-order valence-electron chi connectivity index (χ1n) is 2.54. The van der Waals surface area contributed by atoms with Gasteiger partial charge in [-0.05, 0) is 23.2 Å². The summed E-state index contributed by atoms with van der Waals surface area (Å²) in [6.07, 6.45) is 0.142. The molecule has 0 spiro atoms. The molecular formula is C5H8NO3S. The lowest BCUT2D eigenvalue weighted by Gasteiger charge is -1.93. The van der Waals surface area contributed by atoms with Crippen molar-refractivity contribution in [3.63, 3.8) is 0 Å². The van der Waals surface area contributed by atoms with E-state index >= 15 is 0 Å². The van der Waals surface area contributed by atoms with Crippen molar-refractivity contribution < 1.29 is 9.48 Å². The van der Waals surface area contributed by atoms with Crippen LogP contribution >= 0.6 is 10.8 Å². The zero-order chi connectivity index (χ0) is 8.15. The van der Waals surface area contributed by atoms with Gasteiger partial charge in [0, 0.05) is 12.2 Å². The molecule has 0 saturated carbocycles. The van der Waals surface area contributed by atoms with Crippen molar-refractivity contribution in [2.24, 2.45) is 0 Å². The third kappa shape index (κ3) is 4.22. The summed E-state index contributed by atoms with van der Waals surface area (Å²) in [7, 11) is -1.22. The van der Waals surface area contributed by atoms with Crippen molar-refractivity contribution in [2.45, 2.75) is 6.42 Å². The van der Waals surface area contributed by atoms with Crippen LogP contribution in [0.2, 0.25) is 0 Å². The Kier molecular flexibility index (Phi) is 3.90. The molecule has 0 N–H and O–H groups in total. The number of hydrogen-bond acceptors (Lipinski definition) is 2. The van der Waals surface area contributed by atoms with Gasteiger partial charge >= 0.3 is 0 Å². The van der Waals surface area contributed by atoms with Crippen LogP contribution in [0.25, 0.3) is 0 Å². The smallest absolute Gasteiger partial charge is 0.240 e. The highest BCUT2D eigenvalue weighted by Gasteiger charge is 2.05. The average molecular weight is 162 g/mol. The van der Waals surface area contributed by atoms with E-state index < -0.39 is 15.7 Å². The van der Waals surface area contributed by atoms with Gasteiger partial charge in [0.25, 0.3) is 0 Å². The van der Waals surface area contributed by atoms with Gasteiger partial charge in [-0.1, -0.05) is 0 Å². The molecule has 1 atom stereocenters. The highest BCUT2D eigenvalue weighted by Crippen LogP contribution is 2.09. The quantitative estimate of drug-likeness (QED) is 0.354. The van der Waals surface area contributed by atoms with E-state index in [-0.39, 0.29) is 17.9 Å². The number of rotatable bonds is 4. The molecule has 4 nitrogen and oxygen atoms in total. The summed E-state index contributed by atoms with van der Waals surface area (Å²) in [5, 5.41) is 9.90. The molecule has 10 heavy (non-hydrogen) atoms. The zero-order valence-electron chi connectivity index (χ0n) is 5.41. The Labute approximate surface area is 61.5 Å². The van der Waals surface area contributed by atoms with Gasteiger partial charge in [-0.3, -0.25) is 10.1 Å². The Morgan fingerprint density at radius 1 is 1.70 bits per heavy atom. The molecule has 0 aliphatic rings. The molecular weight excluding hydrogens is 154 g/mol. The lowest BCUT2D eigenvalue weighted by Crippen LogP contribution is -1.97. The number of nitro groups is 1. The summed E-state index contributed by atoms with van der Waals surface area (Å²) >= 11 is 0. The molecule has 0 amide bonds. The summed E-state index contributed by atoms with van der Waals surface area (Å²) in [5.74, 6) is 3.39. The van der Waals surface area contributed by atoms with Crippen LogP contribution in [0, 0.1) is 10.1 Å². The Balaban J connectivity index is 3.60. The van der Waals surface area contributed by atoms with E-state index in [1.807, 2.05) is 0 Å². The van der Waals surface area contributed by atoms with Crippen molar-refractivity contribution in [2.75, 3.05) is 5.75 Å². The van der Waals surface area contributed by atoms with Gasteiger partial charge in [-0.15, -0.1) is 0 Å². The second-order valence-electron chi connectivity index (χ2n) is 1.72. The van der Waals surface area contributed by atoms with E-state index in [4.69, 9.17) is 0 Å². The molecule has 0 aromatic rings. The molecule has 0 heterocycles. The maximum atomic E-state index is 10.3. The zero-order valence-corrected chi connectivity index (χ0v) is 6.23. The predicted molar refractivity (Wildman–Crippen MR) is 41.0 cm³/mol. The summed E-state index contributed by atoms with van der Waals surface area (Å²) in [5.41, 5.74) is -0.114. The summed E-state index contributed by atoms with van der Waals surface area (Å²) in [6.45, 7) is 3.16. The molecule has 0 fully saturated rings. The van der Waals surface area contributed by atoms with Crippen molar-refractivity contribution >= 4 is 16.6 Å². The van der Waals surface area contributed by atoms with Crippen LogP contribution in [0.3, 0.4) is 0 Å². The van der Waals surface area contributed by atoms with Gasteiger partial charge < -0.3 is 0 Å². The normalized spacial score (nSPS) is 12.5. The van der Waals surface area contributed by atoms with Crippen molar-refractivity contribution in [1.29, 1.82) is 0 Å². The van der Waals surface area contributed by atoms with Crippen molar-refractivity contribution in [3.05, 3.63) is 22.4 Å². The largest absolute Gasteiger partial charge is 0.259 e. The van der Waals surface area contributed by atoms with E-state index in [1.165, 1.54) is 0 Å². The first kappa shape index (κ1) is 9.32. The molecule has 0 saturated heterocycles. The molecule has 0 bridgehead atoms. The highest BCUT2D eigenvalue weighted by molar-refractivity contribution is 8.08. The standard InChI is InChI=1S/C5H8NO3S/c1-5(6(7)8)3-4-10(2)9/h1-4H2. The Morgan fingerprint density at radius 3 is 2.50 bits per heavy atom. The van der Waals surface area contributed by atoms with Crippen LogP contribution in [-0.2, 0) is 4.55 Å². The van der Waals surface area contributed by atoms with Crippen molar-refractivity contribution in [3.8, 4) is 0 Å². The molecule has 0 aliphatic carbocycles. The molecule has 0 aromatic carbocycles. The van der Waals surface area contributed by atoms with Crippen LogP contribution in [0.1, 0.15) is 6.42 Å². The van der Waals surface area contributed by atoms with E-state index in [0.717, 1.165) is 0 Å². The van der Waals surface area contributed by atoms with E-state index in [2.05, 4.69) is 12.4 Å². The fourth-order valence-electron chi connectivity index (χ4n) is 0.323. The Hall–Kier alpha value is -0.680. The second-order valence-corrected chi connectivity index (χ2v) is 3.01. The SMILES string of the molecule is C=C(CCS(=C)[O])[N+](=O)[O-]. The van der Waals surface area contributed by atoms with Crippen molar-refractivity contribution in [1.82, 2.24) is 0 Å². The molecule has 5 heteroatoms. The van der Waals surface area contributed by atoms with E-state index in [1.54, 1.807) is 0 Å². The van der Waals surface area contributed by atoms with Gasteiger partial charge in [0.15, 0.2) is 0 Å². The lowest BCUT2D eigenvalue weighted by atomic mass is 10.4. The minimum atomic E-state index is -1.22. The van der Waals surface area contributed by atoms with Gasteiger partial charge in [-0.25, -0.2) is 0 Å². The summed E-state index contributed by atoms with van der Waals surface area (Å²) in [6, 6.07) is 0. The molecule has 1 unspecified atom stereocenters. The lowest BCUT2D eigenvalue weighted by molar-refractivity contribution is -0.426. The third-order valence-electron chi connectivity index (χ3n) is 0.877. The number of allylic oxidation sites excluding steroid dienone is 1. The summed E-state index contributed by atoms with van der Waals surface area (Å²) in [4.78, 5) is 9.32. The predicted octanol–water partition coefficient (Wildman–Crippen LogP) is 1.21. The van der Waals surface area contributed by atoms with Crippen LogP contribution in [-0.4, -0.2) is 16.5 Å². The van der Waals surface area contributed by atoms with E-state index in [0.29, 0.717) is 0 Å². The fraction of sp³-hybridized carbons (Fsp3) is 0.400. The maximum Gasteiger partial charge on any atom is 0.240 e. The molecule has 0 aromatic heterocycles. The highest BCUT2D eigenvalue weighted by atomic mass is 32.2. The van der Waals surface area contributed by atoms with Gasteiger partial charge in [0.1, 0.15) is 0 Å². The molecule has 0 aliphatic heterocycles. The average Bonchev–Trinajstić information content (AvgIpc) is 1.82. The topological polar surface area (TPSA) is 63.0 Å². The minimum Gasteiger partial charge on any atom is -0.259 e. The van der Waals surface area contributed by atoms with Gasteiger partial charge in [0.2, 0.25) is 5.70 Å². The van der Waals surface area contributed by atoms with Crippen LogP contribution in [0.5, 0.6) is 0 Å². The van der Waals surface area contributed by atoms with Gasteiger partial charge in [0.05, 0.1) is 4.92 Å². The first-order valence-corrected chi connectivity index (χ1v) is 4.03. The van der Waals surface area contributed by atoms with Gasteiger partial charge in [-0.2, -0.15) is 4.55 Å². The fourth-order valence-corrected chi connectivity index (χ4v) is 0.786. The first-order chi connectivity index (χ1) is 4.54. The summed E-state index contributed by atoms with van der Waals surface area (Å²) < 4.78 is 10.3. The number of hydrogen-bond donors (Lipinski definition) is 0. The number of nitrogens with zero attached hydrogens (tertiary/aromatic N) is 1. The molecule has 57 valence electrons. The van der Waals surface area contributed by atoms with E-state index in [9.17, 15) is 14.7 Å². The third-order valence-corrected chi connectivity index (χ3v) is 1.54. The molecule has 0 rings (SSSR count). The maximum absolute atomic E-state index is 10.3. The monoisotopic (exact) mass is 162 g/mol. The van der Waals surface area contributed by atoms with Crippen LogP contribution < -0.4 is 0 Å². The Morgan fingerprint density at radius 2 is 2.20 bits per heavy atom. The van der Waals surface area contributed by atoms with Crippen LogP contribution in [0.15, 0.2) is 12.3 Å². The van der Waals surface area contributed by atoms with Crippen LogP contribution in [0.4, 0.5) is 0 Å². The second kappa shape index (κ2) is 4.19. The Bertz CT molecular complexity index is 178. The molecule has 1 radical (unpaired) electrons.